The number of nitrogens with zero attached hydrogens (tertiary/aromatic N) is 2. The minimum atomic E-state index is -0.600. The number of carbonyl (C=O) groups excluding carboxylic acids is 1. The minimum Gasteiger partial charge on any atom is -0.344 e. The molecule has 0 bridgehead atoms. The fourth-order valence-electron chi connectivity index (χ4n) is 3.42. The Morgan fingerprint density at radius 3 is 2.19 bits per heavy atom. The molecule has 2 aromatic carbocycles. The van der Waals surface area contributed by atoms with E-state index in [1.165, 1.54) is 0 Å². The number of pyridine rings is 1. The molecule has 1 aliphatic rings. The van der Waals surface area contributed by atoms with Crippen LogP contribution in [0.1, 0.15) is 17.2 Å². The number of aromatic nitrogens is 1. The van der Waals surface area contributed by atoms with Crippen LogP contribution in [0.4, 0.5) is 5.69 Å². The van der Waals surface area contributed by atoms with Crippen molar-refractivity contribution in [3.05, 3.63) is 98.5 Å². The van der Waals surface area contributed by atoms with E-state index in [0.29, 0.717) is 0 Å². The van der Waals surface area contributed by atoms with E-state index in [-0.39, 0.29) is 18.3 Å². The number of carbonyl (C=O) groups is 1. The van der Waals surface area contributed by atoms with E-state index in [9.17, 15) is 19.7 Å². The van der Waals surface area contributed by atoms with E-state index in [1.807, 2.05) is 48.5 Å². The minimum absolute atomic E-state index is 0.237. The summed E-state index contributed by atoms with van der Waals surface area (Å²) in [5.41, 5.74) is 3.38. The first kappa shape index (κ1) is 16.7. The van der Waals surface area contributed by atoms with Crippen LogP contribution in [0.3, 0.4) is 0 Å². The number of benzene rings is 2. The fourth-order valence-corrected chi connectivity index (χ4v) is 3.42. The van der Waals surface area contributed by atoms with E-state index in [4.69, 9.17) is 0 Å². The number of amides is 1. The number of hydrogen-bond acceptors (Lipinski definition) is 4. The Labute approximate surface area is 154 Å². The Morgan fingerprint density at radius 1 is 1.00 bits per heavy atom. The van der Waals surface area contributed by atoms with Crippen molar-refractivity contribution in [3.63, 3.8) is 0 Å². The zero-order chi connectivity index (χ0) is 19.0. The van der Waals surface area contributed by atoms with Crippen LogP contribution in [0.5, 0.6) is 0 Å². The van der Waals surface area contributed by atoms with Crippen molar-refractivity contribution in [2.75, 3.05) is 0 Å². The second kappa shape index (κ2) is 6.53. The van der Waals surface area contributed by atoms with Crippen molar-refractivity contribution in [2.45, 2.75) is 12.6 Å². The Kier molecular flexibility index (Phi) is 4.04. The molecule has 7 heteroatoms. The maximum atomic E-state index is 12.6. The molecule has 3 aromatic rings. The second-order valence-corrected chi connectivity index (χ2v) is 6.29. The van der Waals surface area contributed by atoms with Crippen molar-refractivity contribution in [2.24, 2.45) is 0 Å². The Morgan fingerprint density at radius 2 is 1.59 bits per heavy atom. The second-order valence-electron chi connectivity index (χ2n) is 6.29. The average Bonchev–Trinajstić information content (AvgIpc) is 2.98. The van der Waals surface area contributed by atoms with Gasteiger partial charge in [0.2, 0.25) is 5.91 Å². The third kappa shape index (κ3) is 2.99. The molecule has 1 N–H and O–H groups in total. The number of hydrogen-bond donors (Lipinski definition) is 1. The maximum absolute atomic E-state index is 12.6. The summed E-state index contributed by atoms with van der Waals surface area (Å²) in [5.74, 6) is -0.394. The molecule has 7 nitrogen and oxygen atoms in total. The van der Waals surface area contributed by atoms with Crippen molar-refractivity contribution in [1.29, 1.82) is 0 Å². The lowest BCUT2D eigenvalue weighted by Gasteiger charge is -2.16. The summed E-state index contributed by atoms with van der Waals surface area (Å²) in [6, 6.07) is 17.5. The van der Waals surface area contributed by atoms with Gasteiger partial charge < -0.3 is 5.32 Å². The van der Waals surface area contributed by atoms with Crippen molar-refractivity contribution >= 4 is 11.6 Å². The molecule has 134 valence electrons. The molecule has 0 unspecified atom stereocenters. The summed E-state index contributed by atoms with van der Waals surface area (Å²) in [5, 5.41) is 13.8. The van der Waals surface area contributed by atoms with Crippen molar-refractivity contribution < 1.29 is 9.72 Å². The van der Waals surface area contributed by atoms with Crippen LogP contribution >= 0.6 is 0 Å². The lowest BCUT2D eigenvalue weighted by molar-refractivity contribution is -0.385. The highest BCUT2D eigenvalue weighted by Gasteiger charge is 2.29. The summed E-state index contributed by atoms with van der Waals surface area (Å²) in [4.78, 5) is 34.8. The summed E-state index contributed by atoms with van der Waals surface area (Å²) in [7, 11) is 0. The molecular weight excluding hydrogens is 346 g/mol. The molecule has 27 heavy (non-hydrogen) atoms. The lowest BCUT2D eigenvalue weighted by Crippen LogP contribution is -2.34. The van der Waals surface area contributed by atoms with Gasteiger partial charge in [-0.1, -0.05) is 48.5 Å². The van der Waals surface area contributed by atoms with E-state index >= 15 is 0 Å². The van der Waals surface area contributed by atoms with Crippen LogP contribution in [0, 0.1) is 10.1 Å². The molecule has 0 fully saturated rings. The normalized spacial score (nSPS) is 12.3. The van der Waals surface area contributed by atoms with Gasteiger partial charge in [-0.05, 0) is 22.3 Å². The Balaban J connectivity index is 1.62. The van der Waals surface area contributed by atoms with Gasteiger partial charge in [0.15, 0.2) is 0 Å². The largest absolute Gasteiger partial charge is 0.344 e. The molecule has 1 aliphatic carbocycles. The highest BCUT2D eigenvalue weighted by molar-refractivity contribution is 5.83. The van der Waals surface area contributed by atoms with Crippen LogP contribution in [-0.2, 0) is 11.3 Å². The molecular formula is C20H15N3O4. The first-order valence-electron chi connectivity index (χ1n) is 8.37. The van der Waals surface area contributed by atoms with E-state index in [2.05, 4.69) is 5.32 Å². The summed E-state index contributed by atoms with van der Waals surface area (Å²) < 4.78 is 1.04. The zero-order valence-corrected chi connectivity index (χ0v) is 14.2. The number of nitro groups is 1. The topological polar surface area (TPSA) is 94.2 Å². The van der Waals surface area contributed by atoms with Crippen LogP contribution in [-0.4, -0.2) is 15.4 Å². The van der Waals surface area contributed by atoms with Crippen molar-refractivity contribution in [3.8, 4) is 11.1 Å². The Hall–Kier alpha value is -3.74. The van der Waals surface area contributed by atoms with E-state index in [0.717, 1.165) is 45.2 Å². The number of rotatable bonds is 4. The highest BCUT2D eigenvalue weighted by Crippen LogP contribution is 2.42. The van der Waals surface area contributed by atoms with Crippen molar-refractivity contribution in [1.82, 2.24) is 9.88 Å². The highest BCUT2D eigenvalue weighted by atomic mass is 16.6. The molecule has 1 amide bonds. The van der Waals surface area contributed by atoms with Gasteiger partial charge in [-0.3, -0.25) is 24.3 Å². The smallest absolute Gasteiger partial charge is 0.285 e. The predicted octanol–water partition coefficient (Wildman–Crippen LogP) is 2.64. The molecule has 0 aliphatic heterocycles. The lowest BCUT2D eigenvalue weighted by atomic mass is 10.1. The van der Waals surface area contributed by atoms with Crippen LogP contribution < -0.4 is 10.9 Å². The molecule has 0 saturated heterocycles. The van der Waals surface area contributed by atoms with Gasteiger partial charge in [-0.2, -0.15) is 0 Å². The SMILES string of the molecule is O=C(Cn1cc([N+](=O)[O-])ccc1=O)NC1c2ccccc2-c2ccccc21. The number of nitrogens with one attached hydrogen (secondary N) is 1. The molecule has 0 spiro atoms. The standard InChI is InChI=1S/C20H15N3O4/c24-18(12-22-11-13(23(26)27)9-10-19(22)25)21-20-16-7-3-1-5-14(16)15-6-2-4-8-17(15)20/h1-11,20H,12H2,(H,21,24). The van der Waals surface area contributed by atoms with Gasteiger partial charge in [-0.25, -0.2) is 0 Å². The average molecular weight is 361 g/mol. The Bertz CT molecular complexity index is 1070. The first-order chi connectivity index (χ1) is 13.0. The maximum Gasteiger partial charge on any atom is 0.285 e. The first-order valence-corrected chi connectivity index (χ1v) is 8.37. The van der Waals surface area contributed by atoms with Crippen LogP contribution in [0.2, 0.25) is 0 Å². The summed E-state index contributed by atoms with van der Waals surface area (Å²) in [6.07, 6.45) is 1.08. The zero-order valence-electron chi connectivity index (χ0n) is 14.2. The van der Waals surface area contributed by atoms with Gasteiger partial charge in [0, 0.05) is 12.1 Å². The monoisotopic (exact) mass is 361 g/mol. The van der Waals surface area contributed by atoms with Gasteiger partial charge in [0.05, 0.1) is 17.2 Å². The summed E-state index contributed by atoms with van der Waals surface area (Å²) in [6.45, 7) is -0.290. The quantitative estimate of drug-likeness (QED) is 0.571. The third-order valence-corrected chi connectivity index (χ3v) is 4.63. The van der Waals surface area contributed by atoms with Gasteiger partial charge in [-0.15, -0.1) is 0 Å². The molecule has 0 saturated carbocycles. The van der Waals surface area contributed by atoms with E-state index in [1.54, 1.807) is 0 Å². The molecule has 0 radical (unpaired) electrons. The van der Waals surface area contributed by atoms with Crippen LogP contribution in [0.15, 0.2) is 71.7 Å². The molecule has 1 heterocycles. The fraction of sp³-hybridized carbons (Fsp3) is 0.100. The van der Waals surface area contributed by atoms with E-state index < -0.39 is 16.4 Å². The summed E-state index contributed by atoms with van der Waals surface area (Å²) >= 11 is 0. The van der Waals surface area contributed by atoms with Gasteiger partial charge in [0.1, 0.15) is 6.54 Å². The molecule has 0 atom stereocenters. The van der Waals surface area contributed by atoms with Gasteiger partial charge >= 0.3 is 0 Å². The number of fused-ring (bicyclic) bond motifs is 3. The van der Waals surface area contributed by atoms with Gasteiger partial charge in [0.25, 0.3) is 11.2 Å². The molecule has 4 rings (SSSR count). The predicted molar refractivity (Wildman–Crippen MR) is 99.2 cm³/mol. The van der Waals surface area contributed by atoms with Crippen LogP contribution in [0.25, 0.3) is 11.1 Å². The third-order valence-electron chi connectivity index (χ3n) is 4.63. The molecule has 1 aromatic heterocycles.